The molecule has 0 saturated heterocycles. The number of rotatable bonds is 4. The Morgan fingerprint density at radius 2 is 2.00 bits per heavy atom. The van der Waals surface area contributed by atoms with Crippen LogP contribution in [-0.4, -0.2) is 12.5 Å². The first-order valence-electron chi connectivity index (χ1n) is 4.71. The minimum atomic E-state index is -0.991. The second-order valence-corrected chi connectivity index (χ2v) is 4.11. The Morgan fingerprint density at radius 3 is 2.50 bits per heavy atom. The molecule has 0 aliphatic heterocycles. The number of benzene rings is 1. The van der Waals surface area contributed by atoms with Gasteiger partial charge < -0.3 is 10.5 Å². The van der Waals surface area contributed by atoms with Gasteiger partial charge in [-0.25, -0.2) is 8.78 Å². The average molecular weight is 229 g/mol. The summed E-state index contributed by atoms with van der Waals surface area (Å²) in [5, 5.41) is 0. The van der Waals surface area contributed by atoms with E-state index in [-0.39, 0.29) is 12.4 Å². The third kappa shape index (κ3) is 2.92. The molecule has 0 aromatic heterocycles. The first-order chi connectivity index (χ1) is 7.33. The zero-order valence-electron chi connectivity index (χ0n) is 9.09. The number of carbonyl (C=O) groups is 1. The molecule has 0 aliphatic carbocycles. The fourth-order valence-electron chi connectivity index (χ4n) is 0.902. The number of carbonyl (C=O) groups excluding carboxylic acids is 1. The van der Waals surface area contributed by atoms with Crippen molar-refractivity contribution in [2.75, 3.05) is 6.61 Å². The summed E-state index contributed by atoms with van der Waals surface area (Å²) in [5.41, 5.74) is 4.28. The lowest BCUT2D eigenvalue weighted by molar-refractivity contribution is -0.127. The summed E-state index contributed by atoms with van der Waals surface area (Å²) in [5.74, 6) is -2.29. The topological polar surface area (TPSA) is 52.3 Å². The number of hydrogen-bond acceptors (Lipinski definition) is 2. The Balaban J connectivity index is 2.68. The summed E-state index contributed by atoms with van der Waals surface area (Å²) in [4.78, 5) is 11.0. The molecule has 0 saturated carbocycles. The van der Waals surface area contributed by atoms with Crippen molar-refractivity contribution in [2.24, 2.45) is 11.1 Å². The van der Waals surface area contributed by atoms with Crippen LogP contribution in [0.5, 0.6) is 5.75 Å². The second-order valence-electron chi connectivity index (χ2n) is 4.11. The Kier molecular flexibility index (Phi) is 3.47. The Bertz CT molecular complexity index is 405. The average Bonchev–Trinajstić information content (AvgIpc) is 2.20. The number of amides is 1. The van der Waals surface area contributed by atoms with Gasteiger partial charge >= 0.3 is 0 Å². The van der Waals surface area contributed by atoms with Crippen LogP contribution < -0.4 is 10.5 Å². The van der Waals surface area contributed by atoms with Crippen LogP contribution in [0.2, 0.25) is 0 Å². The van der Waals surface area contributed by atoms with Crippen molar-refractivity contribution in [1.82, 2.24) is 0 Å². The van der Waals surface area contributed by atoms with E-state index < -0.39 is 23.0 Å². The molecule has 0 atom stereocenters. The molecule has 5 heteroatoms. The van der Waals surface area contributed by atoms with Crippen LogP contribution in [0.4, 0.5) is 8.78 Å². The maximum absolute atomic E-state index is 12.8. The molecular formula is C11H13F2NO2. The molecule has 0 radical (unpaired) electrons. The highest BCUT2D eigenvalue weighted by Gasteiger charge is 2.25. The van der Waals surface area contributed by atoms with Crippen molar-refractivity contribution in [2.45, 2.75) is 13.8 Å². The minimum Gasteiger partial charge on any atom is -0.492 e. The van der Waals surface area contributed by atoms with Gasteiger partial charge in [0.25, 0.3) is 0 Å². The minimum absolute atomic E-state index is 0.00735. The van der Waals surface area contributed by atoms with Gasteiger partial charge in [0.2, 0.25) is 5.91 Å². The summed E-state index contributed by atoms with van der Waals surface area (Å²) >= 11 is 0. The molecule has 0 spiro atoms. The molecule has 0 heterocycles. The van der Waals surface area contributed by atoms with Gasteiger partial charge in [-0.15, -0.1) is 0 Å². The van der Waals surface area contributed by atoms with Crippen LogP contribution in [0.15, 0.2) is 18.2 Å². The lowest BCUT2D eigenvalue weighted by Gasteiger charge is -2.20. The number of hydrogen-bond donors (Lipinski definition) is 1. The van der Waals surface area contributed by atoms with E-state index in [4.69, 9.17) is 10.5 Å². The van der Waals surface area contributed by atoms with Gasteiger partial charge in [-0.1, -0.05) is 0 Å². The summed E-state index contributed by atoms with van der Waals surface area (Å²) < 4.78 is 30.6. The van der Waals surface area contributed by atoms with E-state index in [0.717, 1.165) is 12.1 Å². The molecule has 1 rings (SSSR count). The first kappa shape index (κ1) is 12.4. The van der Waals surface area contributed by atoms with E-state index in [1.54, 1.807) is 13.8 Å². The van der Waals surface area contributed by atoms with Crippen LogP contribution in [0.25, 0.3) is 0 Å². The maximum atomic E-state index is 12.8. The number of nitrogens with two attached hydrogens (primary N) is 1. The van der Waals surface area contributed by atoms with Crippen LogP contribution in [0, 0.1) is 17.0 Å². The third-order valence-corrected chi connectivity index (χ3v) is 2.16. The SMILES string of the molecule is CC(C)(COc1ccc(F)c(F)c1)C(N)=O. The van der Waals surface area contributed by atoms with Crippen LogP contribution in [0.1, 0.15) is 13.8 Å². The lowest BCUT2D eigenvalue weighted by Crippen LogP contribution is -2.36. The van der Waals surface area contributed by atoms with E-state index in [1.807, 2.05) is 0 Å². The van der Waals surface area contributed by atoms with Gasteiger partial charge in [0.15, 0.2) is 11.6 Å². The highest BCUT2D eigenvalue weighted by molar-refractivity contribution is 5.80. The standard InChI is InChI=1S/C11H13F2NO2/c1-11(2,10(14)15)6-16-7-3-4-8(12)9(13)5-7/h3-5H,6H2,1-2H3,(H2,14,15). The molecule has 16 heavy (non-hydrogen) atoms. The van der Waals surface area contributed by atoms with Crippen molar-refractivity contribution < 1.29 is 18.3 Å². The molecule has 3 nitrogen and oxygen atoms in total. The molecule has 88 valence electrons. The van der Waals surface area contributed by atoms with Crippen molar-refractivity contribution in [1.29, 1.82) is 0 Å². The van der Waals surface area contributed by atoms with Gasteiger partial charge in [-0.2, -0.15) is 0 Å². The summed E-state index contributed by atoms with van der Waals surface area (Å²) in [6.45, 7) is 3.22. The Morgan fingerprint density at radius 1 is 1.38 bits per heavy atom. The van der Waals surface area contributed by atoms with E-state index in [9.17, 15) is 13.6 Å². The van der Waals surface area contributed by atoms with Gasteiger partial charge in [-0.3, -0.25) is 4.79 Å². The molecule has 0 bridgehead atoms. The molecule has 2 N–H and O–H groups in total. The molecule has 1 aromatic rings. The normalized spacial score (nSPS) is 11.2. The second kappa shape index (κ2) is 4.47. The predicted molar refractivity (Wildman–Crippen MR) is 54.8 cm³/mol. The zero-order valence-corrected chi connectivity index (χ0v) is 9.09. The van der Waals surface area contributed by atoms with Crippen molar-refractivity contribution >= 4 is 5.91 Å². The third-order valence-electron chi connectivity index (χ3n) is 2.16. The van der Waals surface area contributed by atoms with Gasteiger partial charge in [-0.05, 0) is 26.0 Å². The molecular weight excluding hydrogens is 216 g/mol. The van der Waals surface area contributed by atoms with Crippen LogP contribution in [-0.2, 0) is 4.79 Å². The van der Waals surface area contributed by atoms with Crippen LogP contribution >= 0.6 is 0 Å². The molecule has 1 aromatic carbocycles. The van der Waals surface area contributed by atoms with Crippen molar-refractivity contribution in [3.63, 3.8) is 0 Å². The van der Waals surface area contributed by atoms with Gasteiger partial charge in [0.05, 0.1) is 5.41 Å². The highest BCUT2D eigenvalue weighted by Crippen LogP contribution is 2.20. The van der Waals surface area contributed by atoms with E-state index >= 15 is 0 Å². The van der Waals surface area contributed by atoms with Crippen molar-refractivity contribution in [3.8, 4) is 5.75 Å². The Labute approximate surface area is 92.2 Å². The predicted octanol–water partition coefficient (Wildman–Crippen LogP) is 1.86. The smallest absolute Gasteiger partial charge is 0.226 e. The fourth-order valence-corrected chi connectivity index (χ4v) is 0.902. The quantitative estimate of drug-likeness (QED) is 0.856. The van der Waals surface area contributed by atoms with Gasteiger partial charge in [0.1, 0.15) is 12.4 Å². The fraction of sp³-hybridized carbons (Fsp3) is 0.364. The number of primary amides is 1. The molecule has 1 amide bonds. The summed E-state index contributed by atoms with van der Waals surface area (Å²) in [7, 11) is 0. The molecule has 0 aliphatic rings. The highest BCUT2D eigenvalue weighted by atomic mass is 19.2. The molecule has 0 fully saturated rings. The number of halogens is 2. The van der Waals surface area contributed by atoms with Crippen LogP contribution in [0.3, 0.4) is 0 Å². The maximum Gasteiger partial charge on any atom is 0.226 e. The monoisotopic (exact) mass is 229 g/mol. The first-order valence-corrected chi connectivity index (χ1v) is 4.71. The number of ether oxygens (including phenoxy) is 1. The van der Waals surface area contributed by atoms with E-state index in [1.165, 1.54) is 6.07 Å². The lowest BCUT2D eigenvalue weighted by atomic mass is 9.94. The zero-order chi connectivity index (χ0) is 12.3. The summed E-state index contributed by atoms with van der Waals surface area (Å²) in [6, 6.07) is 3.17. The summed E-state index contributed by atoms with van der Waals surface area (Å²) in [6.07, 6.45) is 0. The largest absolute Gasteiger partial charge is 0.492 e. The van der Waals surface area contributed by atoms with Gasteiger partial charge in [0, 0.05) is 6.07 Å². The van der Waals surface area contributed by atoms with Crippen molar-refractivity contribution in [3.05, 3.63) is 29.8 Å². The van der Waals surface area contributed by atoms with E-state index in [0.29, 0.717) is 0 Å². The molecule has 0 unspecified atom stereocenters. The van der Waals surface area contributed by atoms with E-state index in [2.05, 4.69) is 0 Å². The Hall–Kier alpha value is -1.65.